The summed E-state index contributed by atoms with van der Waals surface area (Å²) in [6.45, 7) is 7.42. The number of amidine groups is 1. The molecule has 0 bridgehead atoms. The summed E-state index contributed by atoms with van der Waals surface area (Å²) in [6, 6.07) is 23.7. The van der Waals surface area contributed by atoms with Crippen LogP contribution in [-0.4, -0.2) is 49.1 Å². The molecule has 3 aromatic carbocycles. The van der Waals surface area contributed by atoms with Crippen LogP contribution in [0, 0.1) is 17.2 Å². The Morgan fingerprint density at radius 1 is 1.05 bits per heavy atom. The predicted molar refractivity (Wildman–Crippen MR) is 171 cm³/mol. The Labute approximate surface area is 258 Å². The highest BCUT2D eigenvalue weighted by molar-refractivity contribution is 6.42. The third-order valence-corrected chi connectivity index (χ3v) is 7.96. The molecule has 1 amide bonds. The molecule has 7 nitrogen and oxygen atoms in total. The van der Waals surface area contributed by atoms with Crippen molar-refractivity contribution in [1.29, 1.82) is 5.26 Å². The summed E-state index contributed by atoms with van der Waals surface area (Å²) in [7, 11) is 1.75. The minimum absolute atomic E-state index is 0.0256. The largest absolute Gasteiger partial charge is 0.444 e. The standard InChI is InChI=1S/C33H37Cl2N5O2/c1-33(2,3)42-32(41)40-16-14-25(15-17-40)31(38-21-30(37-4)39-27-12-13-28(34)29(35)19-27)24-10-8-23(9-11-24)26-7-5-6-22(18-26)20-36/h5-13,18-19,25,31,38H,14-17,21H2,1-4H3,(H,37,39). The molecule has 9 heteroatoms. The molecule has 3 aromatic rings. The van der Waals surface area contributed by atoms with E-state index in [4.69, 9.17) is 27.9 Å². The summed E-state index contributed by atoms with van der Waals surface area (Å²) in [6.07, 6.45) is 1.41. The van der Waals surface area contributed by atoms with Crippen molar-refractivity contribution in [1.82, 2.24) is 10.2 Å². The van der Waals surface area contributed by atoms with Gasteiger partial charge in [0.15, 0.2) is 0 Å². The van der Waals surface area contributed by atoms with Crippen molar-refractivity contribution in [2.24, 2.45) is 10.9 Å². The number of ether oxygens (including phenoxy) is 1. The fourth-order valence-corrected chi connectivity index (χ4v) is 5.37. The van der Waals surface area contributed by atoms with Gasteiger partial charge in [-0.1, -0.05) is 59.6 Å². The second kappa shape index (κ2) is 14.1. The number of likely N-dealkylation sites (tertiary alicyclic amines) is 1. The number of hydrogen-bond acceptors (Lipinski definition) is 5. The number of anilines is 1. The van der Waals surface area contributed by atoms with Gasteiger partial charge in [0, 0.05) is 31.9 Å². The number of benzene rings is 3. The summed E-state index contributed by atoms with van der Waals surface area (Å²) in [5.74, 6) is 1.05. The maximum Gasteiger partial charge on any atom is 0.410 e. The fourth-order valence-electron chi connectivity index (χ4n) is 5.08. The van der Waals surface area contributed by atoms with Crippen molar-refractivity contribution in [2.75, 3.05) is 32.0 Å². The van der Waals surface area contributed by atoms with Crippen molar-refractivity contribution < 1.29 is 9.53 Å². The molecule has 220 valence electrons. The molecule has 1 unspecified atom stereocenters. The Morgan fingerprint density at radius 3 is 2.38 bits per heavy atom. The SMILES string of the molecule is CN=C(CNC(c1ccc(-c2cccc(C#N)c2)cc1)C1CCN(C(=O)OC(C)(C)C)CC1)Nc1ccc(Cl)c(Cl)c1. The molecule has 0 radical (unpaired) electrons. The van der Waals surface area contributed by atoms with E-state index in [9.17, 15) is 10.1 Å². The highest BCUT2D eigenvalue weighted by Gasteiger charge is 2.31. The molecular formula is C33H37Cl2N5O2. The smallest absolute Gasteiger partial charge is 0.410 e. The summed E-state index contributed by atoms with van der Waals surface area (Å²) < 4.78 is 5.60. The molecule has 2 N–H and O–H groups in total. The first-order valence-corrected chi connectivity index (χ1v) is 14.8. The molecule has 0 aliphatic carbocycles. The Balaban J connectivity index is 1.51. The van der Waals surface area contributed by atoms with Crippen LogP contribution in [0.4, 0.5) is 10.5 Å². The van der Waals surface area contributed by atoms with Gasteiger partial charge in [-0.15, -0.1) is 0 Å². The van der Waals surface area contributed by atoms with E-state index in [0.717, 1.165) is 41.1 Å². The van der Waals surface area contributed by atoms with Crippen LogP contribution >= 0.6 is 23.2 Å². The Hall–Kier alpha value is -3.57. The van der Waals surface area contributed by atoms with Gasteiger partial charge in [0.1, 0.15) is 11.4 Å². The Morgan fingerprint density at radius 2 is 1.76 bits per heavy atom. The zero-order chi connectivity index (χ0) is 30.3. The normalized spacial score (nSPS) is 15.2. The molecule has 0 saturated carbocycles. The number of carbonyl (C=O) groups excluding carboxylic acids is 1. The Bertz CT molecular complexity index is 1450. The van der Waals surface area contributed by atoms with Gasteiger partial charge >= 0.3 is 6.09 Å². The molecule has 1 saturated heterocycles. The molecule has 1 heterocycles. The van der Waals surface area contributed by atoms with Crippen molar-refractivity contribution in [3.8, 4) is 17.2 Å². The number of carbonyl (C=O) groups is 1. The zero-order valence-electron chi connectivity index (χ0n) is 24.5. The summed E-state index contributed by atoms with van der Waals surface area (Å²) in [4.78, 5) is 18.9. The summed E-state index contributed by atoms with van der Waals surface area (Å²) in [5.41, 5.74) is 4.11. The number of nitrogens with one attached hydrogen (secondary N) is 2. The van der Waals surface area contributed by atoms with Gasteiger partial charge in [0.05, 0.1) is 28.2 Å². The second-order valence-electron chi connectivity index (χ2n) is 11.4. The van der Waals surface area contributed by atoms with Gasteiger partial charge in [-0.3, -0.25) is 4.99 Å². The van der Waals surface area contributed by atoms with Crippen molar-refractivity contribution in [3.63, 3.8) is 0 Å². The van der Waals surface area contributed by atoms with Crippen LogP contribution in [0.15, 0.2) is 71.7 Å². The third kappa shape index (κ3) is 8.48. The summed E-state index contributed by atoms with van der Waals surface area (Å²) >= 11 is 12.3. The van der Waals surface area contributed by atoms with E-state index in [1.54, 1.807) is 30.1 Å². The number of halogens is 2. The first-order chi connectivity index (χ1) is 20.1. The van der Waals surface area contributed by atoms with Crippen molar-refractivity contribution >= 4 is 40.8 Å². The molecule has 1 atom stereocenters. The van der Waals surface area contributed by atoms with Crippen molar-refractivity contribution in [2.45, 2.75) is 45.3 Å². The molecule has 42 heavy (non-hydrogen) atoms. The molecule has 1 aliphatic rings. The third-order valence-electron chi connectivity index (χ3n) is 7.23. The molecule has 0 aromatic heterocycles. The topological polar surface area (TPSA) is 89.8 Å². The van der Waals surface area contributed by atoms with Crippen LogP contribution in [0.3, 0.4) is 0 Å². The summed E-state index contributed by atoms with van der Waals surface area (Å²) in [5, 5.41) is 17.3. The van der Waals surface area contributed by atoms with Gasteiger partial charge in [0.2, 0.25) is 0 Å². The van der Waals surface area contributed by atoms with Crippen LogP contribution in [-0.2, 0) is 4.74 Å². The van der Waals surface area contributed by atoms with Gasteiger partial charge in [-0.2, -0.15) is 5.26 Å². The molecule has 1 aliphatic heterocycles. The van der Waals surface area contributed by atoms with E-state index in [1.165, 1.54) is 0 Å². The fraction of sp³-hybridized carbons (Fsp3) is 0.364. The minimum Gasteiger partial charge on any atom is -0.444 e. The average molecular weight is 607 g/mol. The van der Waals surface area contributed by atoms with Crippen LogP contribution in [0.2, 0.25) is 10.0 Å². The number of amides is 1. The highest BCUT2D eigenvalue weighted by atomic mass is 35.5. The molecule has 1 fully saturated rings. The van der Waals surface area contributed by atoms with Gasteiger partial charge in [0.25, 0.3) is 0 Å². The number of piperidine rings is 1. The zero-order valence-corrected chi connectivity index (χ0v) is 26.0. The molecule has 4 rings (SSSR count). The lowest BCUT2D eigenvalue weighted by Gasteiger charge is -2.37. The van der Waals surface area contributed by atoms with E-state index in [2.05, 4.69) is 46.0 Å². The van der Waals surface area contributed by atoms with Crippen molar-refractivity contribution in [3.05, 3.63) is 87.9 Å². The van der Waals surface area contributed by atoms with E-state index in [0.29, 0.717) is 41.2 Å². The van der Waals surface area contributed by atoms with E-state index < -0.39 is 5.60 Å². The van der Waals surface area contributed by atoms with Crippen LogP contribution < -0.4 is 10.6 Å². The lowest BCUT2D eigenvalue weighted by atomic mass is 9.85. The van der Waals surface area contributed by atoms with E-state index >= 15 is 0 Å². The Kier molecular flexibility index (Phi) is 10.5. The monoisotopic (exact) mass is 605 g/mol. The van der Waals surface area contributed by atoms with Gasteiger partial charge in [-0.25, -0.2) is 4.79 Å². The van der Waals surface area contributed by atoms with Gasteiger partial charge in [-0.05, 0) is 86.6 Å². The predicted octanol–water partition coefficient (Wildman–Crippen LogP) is 7.95. The highest BCUT2D eigenvalue weighted by Crippen LogP contribution is 2.33. The average Bonchev–Trinajstić information content (AvgIpc) is 2.98. The quantitative estimate of drug-likeness (QED) is 0.211. The minimum atomic E-state index is -0.524. The number of rotatable bonds is 7. The lowest BCUT2D eigenvalue weighted by Crippen LogP contribution is -2.44. The van der Waals surface area contributed by atoms with E-state index in [1.807, 2.05) is 45.0 Å². The van der Waals surface area contributed by atoms with E-state index in [-0.39, 0.29) is 12.1 Å². The van der Waals surface area contributed by atoms with Crippen LogP contribution in [0.5, 0.6) is 0 Å². The molecule has 0 spiro atoms. The number of aliphatic imine (C=N–C) groups is 1. The van der Waals surface area contributed by atoms with Gasteiger partial charge < -0.3 is 20.3 Å². The maximum absolute atomic E-state index is 12.7. The first-order valence-electron chi connectivity index (χ1n) is 14.1. The van der Waals surface area contributed by atoms with Crippen LogP contribution in [0.25, 0.3) is 11.1 Å². The number of nitrogens with zero attached hydrogens (tertiary/aromatic N) is 3. The second-order valence-corrected chi connectivity index (χ2v) is 12.2. The lowest BCUT2D eigenvalue weighted by molar-refractivity contribution is 0.0169. The first kappa shape index (κ1) is 31.4. The number of hydrogen-bond donors (Lipinski definition) is 2. The maximum atomic E-state index is 12.7. The molecular weight excluding hydrogens is 569 g/mol. The van der Waals surface area contributed by atoms with Crippen LogP contribution in [0.1, 0.15) is 50.8 Å². The number of nitriles is 1.